The maximum Gasteiger partial charge on any atom is 0.244 e. The number of guanidine groups is 1. The van der Waals surface area contributed by atoms with Crippen LogP contribution in [0.1, 0.15) is 51.2 Å². The molecule has 1 aromatic rings. The van der Waals surface area contributed by atoms with Crippen LogP contribution in [-0.2, 0) is 17.8 Å². The Labute approximate surface area is 192 Å². The predicted octanol–water partition coefficient (Wildman–Crippen LogP) is 2.93. The van der Waals surface area contributed by atoms with E-state index >= 15 is 0 Å². The molecule has 0 saturated carbocycles. The van der Waals surface area contributed by atoms with Gasteiger partial charge in [0.05, 0.1) is 0 Å². The monoisotopic (exact) mass is 516 g/mol. The maximum absolute atomic E-state index is 12.7. The number of hydrogen-bond acceptors (Lipinski definition) is 3. The molecule has 1 amide bonds. The van der Waals surface area contributed by atoms with Gasteiger partial charge in [0.2, 0.25) is 5.91 Å². The lowest BCUT2D eigenvalue weighted by molar-refractivity contribution is -0.130. The normalized spacial score (nSPS) is 14.1. The average molecular weight is 516 g/mol. The third kappa shape index (κ3) is 7.44. The minimum Gasteiger partial charge on any atom is -0.396 e. The topological polar surface area (TPSA) is 77.0 Å². The van der Waals surface area contributed by atoms with Gasteiger partial charge in [0.15, 0.2) is 5.96 Å². The number of aliphatic hydroxyl groups excluding tert-OH is 1. The van der Waals surface area contributed by atoms with E-state index in [4.69, 9.17) is 0 Å². The Kier molecular flexibility index (Phi) is 11.6. The van der Waals surface area contributed by atoms with Crippen LogP contribution in [-0.4, -0.2) is 54.7 Å². The predicted molar refractivity (Wildman–Crippen MR) is 130 cm³/mol. The van der Waals surface area contributed by atoms with E-state index in [2.05, 4.69) is 47.7 Å². The number of halogens is 1. The Morgan fingerprint density at radius 3 is 2.48 bits per heavy atom. The van der Waals surface area contributed by atoms with Gasteiger partial charge in [-0.1, -0.05) is 38.1 Å². The molecule has 3 N–H and O–H groups in total. The zero-order chi connectivity index (χ0) is 20.4. The standard InChI is InChI=1S/C22H36N4O2.HI/c1-4-22(5-2,12-14-27)17-25-21(23-6-3)24-15-20(28)26-13-11-18-9-7-8-10-19(18)16-26;/h7-10,27H,4-6,11-17H2,1-3H3,(H2,23,24,25);1H. The lowest BCUT2D eigenvalue weighted by Crippen LogP contribution is -2.44. The summed E-state index contributed by atoms with van der Waals surface area (Å²) in [7, 11) is 0. The number of benzene rings is 1. The molecule has 1 aliphatic rings. The zero-order valence-electron chi connectivity index (χ0n) is 18.0. The largest absolute Gasteiger partial charge is 0.396 e. The number of amides is 1. The van der Waals surface area contributed by atoms with Gasteiger partial charge in [-0.15, -0.1) is 24.0 Å². The summed E-state index contributed by atoms with van der Waals surface area (Å²) in [6.07, 6.45) is 3.64. The molecule has 0 saturated heterocycles. The molecule has 0 fully saturated rings. The van der Waals surface area contributed by atoms with Crippen LogP contribution >= 0.6 is 24.0 Å². The van der Waals surface area contributed by atoms with Crippen LogP contribution in [0.4, 0.5) is 0 Å². The first-order valence-corrected chi connectivity index (χ1v) is 10.5. The number of aliphatic imine (C=N–C) groups is 1. The van der Waals surface area contributed by atoms with Gasteiger partial charge in [0.1, 0.15) is 6.54 Å². The second-order valence-electron chi connectivity index (χ2n) is 7.56. The van der Waals surface area contributed by atoms with Crippen molar-refractivity contribution in [1.29, 1.82) is 0 Å². The van der Waals surface area contributed by atoms with Crippen molar-refractivity contribution in [1.82, 2.24) is 15.5 Å². The molecular weight excluding hydrogens is 479 g/mol. The smallest absolute Gasteiger partial charge is 0.244 e. The molecule has 0 bridgehead atoms. The lowest BCUT2D eigenvalue weighted by Gasteiger charge is -2.32. The molecule has 1 heterocycles. The molecule has 0 spiro atoms. The van der Waals surface area contributed by atoms with Crippen molar-refractivity contribution in [3.63, 3.8) is 0 Å². The number of hydrogen-bond donors (Lipinski definition) is 3. The zero-order valence-corrected chi connectivity index (χ0v) is 20.4. The molecule has 0 unspecified atom stereocenters. The number of nitrogens with one attached hydrogen (secondary N) is 2. The van der Waals surface area contributed by atoms with Crippen molar-refractivity contribution in [3.8, 4) is 0 Å². The van der Waals surface area contributed by atoms with Crippen LogP contribution in [0.15, 0.2) is 29.3 Å². The van der Waals surface area contributed by atoms with Gasteiger partial charge in [-0.3, -0.25) is 4.79 Å². The minimum atomic E-state index is 0. The van der Waals surface area contributed by atoms with Crippen LogP contribution in [0.2, 0.25) is 0 Å². The van der Waals surface area contributed by atoms with E-state index < -0.39 is 0 Å². The molecular formula is C22H37IN4O2. The van der Waals surface area contributed by atoms with E-state index in [-0.39, 0.29) is 48.5 Å². The minimum absolute atomic E-state index is 0. The SMILES string of the molecule is CCNC(=NCC(=O)N1CCc2ccccc2C1)NCC(CC)(CC)CCO.I. The summed E-state index contributed by atoms with van der Waals surface area (Å²) in [5.74, 6) is 0.719. The number of aliphatic hydroxyl groups is 1. The van der Waals surface area contributed by atoms with E-state index in [9.17, 15) is 9.90 Å². The Bertz CT molecular complexity index is 662. The summed E-state index contributed by atoms with van der Waals surface area (Å²) < 4.78 is 0. The first-order chi connectivity index (χ1) is 13.6. The quantitative estimate of drug-likeness (QED) is 0.268. The molecule has 0 atom stereocenters. The molecule has 6 nitrogen and oxygen atoms in total. The van der Waals surface area contributed by atoms with E-state index in [1.165, 1.54) is 11.1 Å². The number of nitrogens with zero attached hydrogens (tertiary/aromatic N) is 2. The molecule has 164 valence electrons. The van der Waals surface area contributed by atoms with Gasteiger partial charge < -0.3 is 20.6 Å². The van der Waals surface area contributed by atoms with Crippen LogP contribution in [0.25, 0.3) is 0 Å². The number of carbonyl (C=O) groups is 1. The number of carbonyl (C=O) groups excluding carboxylic acids is 1. The third-order valence-corrected chi connectivity index (χ3v) is 5.97. The first kappa shape index (κ1) is 25.7. The van der Waals surface area contributed by atoms with Crippen molar-refractivity contribution in [3.05, 3.63) is 35.4 Å². The summed E-state index contributed by atoms with van der Waals surface area (Å²) in [6, 6.07) is 8.32. The van der Waals surface area contributed by atoms with Gasteiger partial charge in [-0.2, -0.15) is 0 Å². The van der Waals surface area contributed by atoms with Crippen LogP contribution in [0.5, 0.6) is 0 Å². The molecule has 2 rings (SSSR count). The molecule has 0 radical (unpaired) electrons. The average Bonchev–Trinajstić information content (AvgIpc) is 2.74. The van der Waals surface area contributed by atoms with Gasteiger partial charge >= 0.3 is 0 Å². The van der Waals surface area contributed by atoms with Crippen LogP contribution in [0.3, 0.4) is 0 Å². The highest BCUT2D eigenvalue weighted by Gasteiger charge is 2.26. The summed E-state index contributed by atoms with van der Waals surface area (Å²) in [6.45, 7) is 9.54. The molecule has 29 heavy (non-hydrogen) atoms. The molecule has 1 aromatic carbocycles. The Morgan fingerprint density at radius 1 is 1.17 bits per heavy atom. The second kappa shape index (κ2) is 13.1. The third-order valence-electron chi connectivity index (χ3n) is 5.97. The summed E-state index contributed by atoms with van der Waals surface area (Å²) in [5.41, 5.74) is 2.62. The summed E-state index contributed by atoms with van der Waals surface area (Å²) >= 11 is 0. The van der Waals surface area contributed by atoms with Crippen molar-refractivity contribution in [2.45, 2.75) is 53.0 Å². The number of rotatable bonds is 9. The van der Waals surface area contributed by atoms with E-state index in [0.717, 1.165) is 45.3 Å². The van der Waals surface area contributed by atoms with Gasteiger partial charge in [0.25, 0.3) is 0 Å². The van der Waals surface area contributed by atoms with Crippen molar-refractivity contribution in [2.75, 3.05) is 32.8 Å². The maximum atomic E-state index is 12.7. The van der Waals surface area contributed by atoms with E-state index in [1.807, 2.05) is 17.9 Å². The fraction of sp³-hybridized carbons (Fsp3) is 0.636. The fourth-order valence-electron chi connectivity index (χ4n) is 3.75. The molecule has 0 aromatic heterocycles. The van der Waals surface area contributed by atoms with Gasteiger partial charge in [-0.05, 0) is 49.1 Å². The van der Waals surface area contributed by atoms with Crippen molar-refractivity contribution < 1.29 is 9.90 Å². The Hall–Kier alpha value is -1.35. The first-order valence-electron chi connectivity index (χ1n) is 10.5. The Balaban J connectivity index is 0.00000420. The highest BCUT2D eigenvalue weighted by Crippen LogP contribution is 2.29. The van der Waals surface area contributed by atoms with Crippen LogP contribution in [0, 0.1) is 5.41 Å². The highest BCUT2D eigenvalue weighted by atomic mass is 127. The van der Waals surface area contributed by atoms with Crippen LogP contribution < -0.4 is 10.6 Å². The lowest BCUT2D eigenvalue weighted by atomic mass is 9.79. The highest BCUT2D eigenvalue weighted by molar-refractivity contribution is 14.0. The summed E-state index contributed by atoms with van der Waals surface area (Å²) in [4.78, 5) is 19.1. The van der Waals surface area contributed by atoms with E-state index in [1.54, 1.807) is 0 Å². The number of fused-ring (bicyclic) bond motifs is 1. The summed E-state index contributed by atoms with van der Waals surface area (Å²) in [5, 5.41) is 16.0. The van der Waals surface area contributed by atoms with Gasteiger partial charge in [-0.25, -0.2) is 4.99 Å². The molecule has 1 aliphatic heterocycles. The molecule has 0 aliphatic carbocycles. The van der Waals surface area contributed by atoms with Crippen molar-refractivity contribution in [2.24, 2.45) is 10.4 Å². The molecule has 7 heteroatoms. The van der Waals surface area contributed by atoms with Gasteiger partial charge in [0, 0.05) is 32.8 Å². The van der Waals surface area contributed by atoms with Crippen molar-refractivity contribution >= 4 is 35.8 Å². The van der Waals surface area contributed by atoms with E-state index in [0.29, 0.717) is 12.5 Å². The fourth-order valence-corrected chi connectivity index (χ4v) is 3.75. The second-order valence-corrected chi connectivity index (χ2v) is 7.56. The Morgan fingerprint density at radius 2 is 1.86 bits per heavy atom.